The van der Waals surface area contributed by atoms with Crippen LogP contribution in [0.5, 0.6) is 0 Å². The minimum absolute atomic E-state index is 0.103. The molecule has 0 saturated carbocycles. The van der Waals surface area contributed by atoms with Crippen molar-refractivity contribution in [2.75, 3.05) is 0 Å². The lowest BCUT2D eigenvalue weighted by atomic mass is 10.1. The fourth-order valence-corrected chi connectivity index (χ4v) is 2.41. The summed E-state index contributed by atoms with van der Waals surface area (Å²) in [5.74, 6) is -0.284. The normalized spacial score (nSPS) is 11.4. The first-order valence-corrected chi connectivity index (χ1v) is 7.85. The van der Waals surface area contributed by atoms with Crippen LogP contribution < -0.4 is 0 Å². The number of aromatic nitrogens is 3. The zero-order valence-electron chi connectivity index (χ0n) is 12.3. The average molecular weight is 399 g/mol. The van der Waals surface area contributed by atoms with Gasteiger partial charge in [0, 0.05) is 12.4 Å². The molecule has 0 aliphatic carbocycles. The van der Waals surface area contributed by atoms with Gasteiger partial charge in [0.25, 0.3) is 0 Å². The van der Waals surface area contributed by atoms with Crippen LogP contribution in [0.3, 0.4) is 0 Å². The minimum atomic E-state index is -0.443. The van der Waals surface area contributed by atoms with Crippen LogP contribution in [-0.4, -0.2) is 26.3 Å². The topological polar surface area (TPSA) is 57.0 Å². The molecule has 2 heterocycles. The molecule has 0 bridgehead atoms. The molecule has 0 amide bonds. The molecule has 0 N–H and O–H groups in total. The molecule has 0 atom stereocenters. The molecule has 0 unspecified atom stereocenters. The molecule has 0 aliphatic heterocycles. The summed E-state index contributed by atoms with van der Waals surface area (Å²) in [5, 5.41) is 4.42. The van der Waals surface area contributed by atoms with Crippen molar-refractivity contribution in [3.8, 4) is 11.4 Å². The van der Waals surface area contributed by atoms with Crippen LogP contribution in [-0.2, 0) is 16.1 Å². The molecule has 0 aliphatic rings. The van der Waals surface area contributed by atoms with Crippen LogP contribution in [0.4, 0.5) is 0 Å². The van der Waals surface area contributed by atoms with Crippen molar-refractivity contribution in [3.05, 3.63) is 34.2 Å². The molecular weight excluding hydrogens is 381 g/mol. The lowest BCUT2D eigenvalue weighted by Crippen LogP contribution is -2.29. The Morgan fingerprint density at radius 3 is 2.81 bits per heavy atom. The Balaban J connectivity index is 2.11. The summed E-state index contributed by atoms with van der Waals surface area (Å²) in [4.78, 5) is 16.2. The van der Waals surface area contributed by atoms with Gasteiger partial charge in [-0.2, -0.15) is 5.10 Å². The quantitative estimate of drug-likeness (QED) is 0.572. The fourth-order valence-electron chi connectivity index (χ4n) is 1.70. The van der Waals surface area contributed by atoms with Gasteiger partial charge >= 0.3 is 5.97 Å². The van der Waals surface area contributed by atoms with Crippen LogP contribution in [0.2, 0.25) is 0 Å². The molecule has 112 valence electrons. The van der Waals surface area contributed by atoms with Gasteiger partial charge < -0.3 is 4.74 Å². The van der Waals surface area contributed by atoms with Crippen molar-refractivity contribution in [2.24, 2.45) is 0 Å². The van der Waals surface area contributed by atoms with E-state index in [1.807, 2.05) is 45.2 Å². The van der Waals surface area contributed by atoms with Gasteiger partial charge in [0.15, 0.2) is 0 Å². The number of hydrogen-bond donors (Lipinski definition) is 0. The Labute approximate surface area is 137 Å². The van der Waals surface area contributed by atoms with Crippen molar-refractivity contribution in [1.82, 2.24) is 14.8 Å². The van der Waals surface area contributed by atoms with Gasteiger partial charge in [0.05, 0.1) is 9.26 Å². The monoisotopic (exact) mass is 399 g/mol. The molecule has 2 aromatic rings. The van der Waals surface area contributed by atoms with E-state index in [0.717, 1.165) is 21.4 Å². The second-order valence-electron chi connectivity index (χ2n) is 5.33. The van der Waals surface area contributed by atoms with Crippen LogP contribution in [0.15, 0.2) is 30.6 Å². The van der Waals surface area contributed by atoms with Gasteiger partial charge in [0.1, 0.15) is 17.8 Å². The summed E-state index contributed by atoms with van der Waals surface area (Å²) in [7, 11) is 0. The molecule has 0 radical (unpaired) electrons. The van der Waals surface area contributed by atoms with Gasteiger partial charge in [-0.15, -0.1) is 0 Å². The number of nitrogens with zero attached hydrogens (tertiary/aromatic N) is 3. The van der Waals surface area contributed by atoms with E-state index in [0.29, 0.717) is 0 Å². The number of carbonyl (C=O) groups excluding carboxylic acids is 1. The second kappa shape index (κ2) is 6.55. The maximum atomic E-state index is 11.9. The number of hydrogen-bond acceptors (Lipinski definition) is 4. The van der Waals surface area contributed by atoms with Gasteiger partial charge in [-0.1, -0.05) is 13.0 Å². The smallest absolute Gasteiger partial charge is 0.328 e. The van der Waals surface area contributed by atoms with Crippen LogP contribution in [0.25, 0.3) is 11.4 Å². The lowest BCUT2D eigenvalue weighted by molar-refractivity contribution is -0.157. The zero-order chi connectivity index (χ0) is 15.5. The Morgan fingerprint density at radius 2 is 2.19 bits per heavy atom. The highest BCUT2D eigenvalue weighted by Gasteiger charge is 2.21. The van der Waals surface area contributed by atoms with Crippen molar-refractivity contribution in [3.63, 3.8) is 0 Å². The van der Waals surface area contributed by atoms with E-state index in [-0.39, 0.29) is 12.5 Å². The largest absolute Gasteiger partial charge is 0.458 e. The fraction of sp³-hybridized carbons (Fsp3) is 0.400. The number of rotatable bonds is 5. The summed E-state index contributed by atoms with van der Waals surface area (Å²) in [5.41, 5.74) is 1.13. The predicted molar refractivity (Wildman–Crippen MR) is 88.6 cm³/mol. The van der Waals surface area contributed by atoms with Crippen molar-refractivity contribution < 1.29 is 9.53 Å². The Bertz CT molecular complexity index is 623. The highest BCUT2D eigenvalue weighted by molar-refractivity contribution is 14.1. The van der Waals surface area contributed by atoms with Gasteiger partial charge in [-0.05, 0) is 55.0 Å². The Hall–Kier alpha value is -1.44. The molecule has 5 nitrogen and oxygen atoms in total. The minimum Gasteiger partial charge on any atom is -0.458 e. The Morgan fingerprint density at radius 1 is 1.43 bits per heavy atom. The number of halogens is 1. The SMILES string of the molecule is CCC(C)(C)OC(=O)Cn1cc(I)c(-c2ccccn2)n1. The molecular formula is C15H18IN3O2. The van der Waals surface area contributed by atoms with Crippen molar-refractivity contribution in [2.45, 2.75) is 39.3 Å². The summed E-state index contributed by atoms with van der Waals surface area (Å²) >= 11 is 2.19. The summed E-state index contributed by atoms with van der Waals surface area (Å²) in [6.45, 7) is 5.89. The molecule has 0 fully saturated rings. The maximum absolute atomic E-state index is 11.9. The first-order valence-electron chi connectivity index (χ1n) is 6.77. The van der Waals surface area contributed by atoms with E-state index in [1.165, 1.54) is 0 Å². The number of ether oxygens (including phenoxy) is 1. The third-order valence-corrected chi connectivity index (χ3v) is 3.95. The molecule has 6 heteroatoms. The number of carbonyl (C=O) groups is 1. The average Bonchev–Trinajstić information content (AvgIpc) is 2.79. The van der Waals surface area contributed by atoms with Gasteiger partial charge in [-0.25, -0.2) is 0 Å². The summed E-state index contributed by atoms with van der Waals surface area (Å²) in [6, 6.07) is 5.67. The first-order chi connectivity index (χ1) is 9.91. The highest BCUT2D eigenvalue weighted by Crippen LogP contribution is 2.21. The van der Waals surface area contributed by atoms with Crippen LogP contribution >= 0.6 is 22.6 Å². The predicted octanol–water partition coefficient (Wildman–Crippen LogP) is 3.28. The molecule has 0 aromatic carbocycles. The first kappa shape index (κ1) is 15.9. The number of esters is 1. The molecule has 2 rings (SSSR count). The van der Waals surface area contributed by atoms with Gasteiger partial charge in [-0.3, -0.25) is 14.5 Å². The van der Waals surface area contributed by atoms with E-state index < -0.39 is 5.60 Å². The Kier molecular flexibility index (Phi) is 4.97. The van der Waals surface area contributed by atoms with E-state index in [2.05, 4.69) is 32.7 Å². The van der Waals surface area contributed by atoms with E-state index in [4.69, 9.17) is 4.74 Å². The highest BCUT2D eigenvalue weighted by atomic mass is 127. The summed E-state index contributed by atoms with van der Waals surface area (Å²) < 4.78 is 7.98. The lowest BCUT2D eigenvalue weighted by Gasteiger charge is -2.23. The third kappa shape index (κ3) is 4.26. The van der Waals surface area contributed by atoms with Crippen LogP contribution in [0, 0.1) is 3.57 Å². The maximum Gasteiger partial charge on any atom is 0.328 e. The van der Waals surface area contributed by atoms with E-state index >= 15 is 0 Å². The molecule has 21 heavy (non-hydrogen) atoms. The van der Waals surface area contributed by atoms with Crippen LogP contribution in [0.1, 0.15) is 27.2 Å². The van der Waals surface area contributed by atoms with E-state index in [9.17, 15) is 4.79 Å². The molecule has 2 aromatic heterocycles. The van der Waals surface area contributed by atoms with E-state index in [1.54, 1.807) is 10.9 Å². The molecule has 0 spiro atoms. The standard InChI is InChI=1S/C15H18IN3O2/c1-4-15(2,3)21-13(20)10-19-9-11(16)14(18-19)12-7-5-6-8-17-12/h5-9H,4,10H2,1-3H3. The van der Waals surface area contributed by atoms with Gasteiger partial charge in [0.2, 0.25) is 0 Å². The summed E-state index contributed by atoms with van der Waals surface area (Å²) in [6.07, 6.45) is 4.32. The number of pyridine rings is 1. The van der Waals surface area contributed by atoms with Crippen molar-refractivity contribution >= 4 is 28.6 Å². The van der Waals surface area contributed by atoms with Crippen molar-refractivity contribution in [1.29, 1.82) is 0 Å². The molecule has 0 saturated heterocycles. The third-order valence-electron chi connectivity index (χ3n) is 3.16. The second-order valence-corrected chi connectivity index (χ2v) is 6.49. The zero-order valence-corrected chi connectivity index (χ0v) is 14.5.